The second-order valence-corrected chi connectivity index (χ2v) is 5.99. The molecule has 1 fully saturated rings. The summed E-state index contributed by atoms with van der Waals surface area (Å²) >= 11 is 6.10. The summed E-state index contributed by atoms with van der Waals surface area (Å²) in [5.74, 6) is 0. The summed E-state index contributed by atoms with van der Waals surface area (Å²) in [6.45, 7) is 3.54. The van der Waals surface area contributed by atoms with Crippen molar-refractivity contribution in [2.24, 2.45) is 0 Å². The van der Waals surface area contributed by atoms with Crippen LogP contribution in [0.5, 0.6) is 0 Å². The predicted octanol–water partition coefficient (Wildman–Crippen LogP) is 3.87. The summed E-state index contributed by atoms with van der Waals surface area (Å²) in [6, 6.07) is 3.53. The van der Waals surface area contributed by atoms with E-state index in [2.05, 4.69) is 16.8 Å². The van der Waals surface area contributed by atoms with Gasteiger partial charge in [0.05, 0.1) is 17.3 Å². The average molecular weight is 295 g/mol. The van der Waals surface area contributed by atoms with Crippen LogP contribution in [0.3, 0.4) is 0 Å². The minimum Gasteiger partial charge on any atom is -0.385 e. The van der Waals surface area contributed by atoms with Crippen molar-refractivity contribution in [3.63, 3.8) is 0 Å². The van der Waals surface area contributed by atoms with E-state index in [-0.39, 0.29) is 12.8 Å². The highest BCUT2D eigenvalue weighted by Gasteiger charge is 2.42. The molecule has 3 rings (SSSR count). The van der Waals surface area contributed by atoms with Crippen LogP contribution in [0.1, 0.15) is 31.2 Å². The van der Waals surface area contributed by atoms with Gasteiger partial charge in [0.1, 0.15) is 5.67 Å². The number of alkyl halides is 1. The van der Waals surface area contributed by atoms with Crippen molar-refractivity contribution in [1.82, 2.24) is 10.2 Å². The van der Waals surface area contributed by atoms with Gasteiger partial charge in [-0.1, -0.05) is 24.3 Å². The second kappa shape index (κ2) is 4.57. The molecule has 2 aromatic rings. The number of halogens is 2. The van der Waals surface area contributed by atoms with Gasteiger partial charge in [-0.2, -0.15) is 5.10 Å². The predicted molar refractivity (Wildman–Crippen MR) is 77.5 cm³/mol. The Morgan fingerprint density at radius 1 is 1.35 bits per heavy atom. The van der Waals surface area contributed by atoms with Crippen LogP contribution in [0.25, 0.3) is 10.9 Å². The highest BCUT2D eigenvalue weighted by atomic mass is 35.5. The van der Waals surface area contributed by atoms with E-state index >= 15 is 0 Å². The molecule has 1 heterocycles. The second-order valence-electron chi connectivity index (χ2n) is 5.56. The largest absolute Gasteiger partial charge is 0.385 e. The molecule has 1 aromatic carbocycles. The van der Waals surface area contributed by atoms with Gasteiger partial charge in [0, 0.05) is 16.0 Å². The van der Waals surface area contributed by atoms with E-state index in [9.17, 15) is 9.50 Å². The van der Waals surface area contributed by atoms with E-state index in [4.69, 9.17) is 11.6 Å². The number of hydrogen-bond acceptors (Lipinski definition) is 2. The van der Waals surface area contributed by atoms with Crippen LogP contribution in [-0.4, -0.2) is 21.0 Å². The molecule has 3 nitrogen and oxygen atoms in total. The lowest BCUT2D eigenvalue weighted by atomic mass is 9.73. The number of hydrogen-bond donors (Lipinski definition) is 2. The van der Waals surface area contributed by atoms with Crippen molar-refractivity contribution in [3.8, 4) is 0 Å². The van der Waals surface area contributed by atoms with Crippen LogP contribution in [0.15, 0.2) is 31.0 Å². The summed E-state index contributed by atoms with van der Waals surface area (Å²) in [5, 5.41) is 19.2. The smallest absolute Gasteiger partial charge is 0.129 e. The standard InChI is InChI=1S/C15H16ClFN2O/c1-2-14(17)3-5-15(20,6-4-14)12-8-11(16)7-10-9-18-19-13(10)12/h2,7-9,20H,1,3-6H2,(H,18,19). The molecule has 0 radical (unpaired) electrons. The van der Waals surface area contributed by atoms with Crippen molar-refractivity contribution in [2.45, 2.75) is 37.0 Å². The van der Waals surface area contributed by atoms with Crippen LogP contribution >= 0.6 is 11.6 Å². The van der Waals surface area contributed by atoms with Gasteiger partial charge in [-0.25, -0.2) is 4.39 Å². The molecule has 5 heteroatoms. The van der Waals surface area contributed by atoms with Crippen LogP contribution in [0.2, 0.25) is 5.02 Å². The minimum atomic E-state index is -1.38. The molecule has 106 valence electrons. The maximum absolute atomic E-state index is 14.2. The Labute approximate surface area is 121 Å². The molecular weight excluding hydrogens is 279 g/mol. The molecule has 2 N–H and O–H groups in total. The third kappa shape index (κ3) is 2.13. The molecule has 0 saturated heterocycles. The Kier molecular flexibility index (Phi) is 3.10. The number of aromatic amines is 1. The van der Waals surface area contributed by atoms with Gasteiger partial charge in [0.15, 0.2) is 0 Å². The fraction of sp³-hybridized carbons (Fsp3) is 0.400. The number of nitrogens with zero attached hydrogens (tertiary/aromatic N) is 1. The summed E-state index contributed by atoms with van der Waals surface area (Å²) in [6.07, 6.45) is 4.20. The Bertz CT molecular complexity index is 659. The first-order valence-corrected chi connectivity index (χ1v) is 7.02. The molecular formula is C15H16ClFN2O. The Morgan fingerprint density at radius 2 is 2.05 bits per heavy atom. The zero-order valence-electron chi connectivity index (χ0n) is 11.0. The lowest BCUT2D eigenvalue weighted by Crippen LogP contribution is -2.37. The molecule has 0 unspecified atom stereocenters. The summed E-state index contributed by atoms with van der Waals surface area (Å²) < 4.78 is 14.2. The molecule has 1 aliphatic carbocycles. The first-order valence-electron chi connectivity index (χ1n) is 6.64. The van der Waals surface area contributed by atoms with Crippen LogP contribution < -0.4 is 0 Å². The van der Waals surface area contributed by atoms with Crippen LogP contribution in [0, 0.1) is 0 Å². The first-order chi connectivity index (χ1) is 9.46. The highest BCUT2D eigenvalue weighted by molar-refractivity contribution is 6.31. The minimum absolute atomic E-state index is 0.259. The van der Waals surface area contributed by atoms with Gasteiger partial charge in [-0.3, -0.25) is 5.10 Å². The fourth-order valence-electron chi connectivity index (χ4n) is 2.94. The SMILES string of the molecule is C=CC1(F)CCC(O)(c2cc(Cl)cc3cn[nH]c23)CC1. The number of rotatable bonds is 2. The van der Waals surface area contributed by atoms with Crippen molar-refractivity contribution in [2.75, 3.05) is 0 Å². The van der Waals surface area contributed by atoms with E-state index in [1.807, 2.05) is 0 Å². The fourth-order valence-corrected chi connectivity index (χ4v) is 3.17. The summed E-state index contributed by atoms with van der Waals surface area (Å²) in [7, 11) is 0. The van der Waals surface area contributed by atoms with E-state index in [0.717, 1.165) is 10.9 Å². The van der Waals surface area contributed by atoms with Crippen molar-refractivity contribution in [3.05, 3.63) is 41.6 Å². The lowest BCUT2D eigenvalue weighted by Gasteiger charge is -2.38. The van der Waals surface area contributed by atoms with Gasteiger partial charge in [-0.15, -0.1) is 0 Å². The Balaban J connectivity index is 2.03. The average Bonchev–Trinajstić information content (AvgIpc) is 2.89. The van der Waals surface area contributed by atoms with E-state index in [1.54, 1.807) is 18.3 Å². The first kappa shape index (κ1) is 13.6. The van der Waals surface area contributed by atoms with Crippen molar-refractivity contribution < 1.29 is 9.50 Å². The molecule has 1 aromatic heterocycles. The molecule has 0 spiro atoms. The van der Waals surface area contributed by atoms with Gasteiger partial charge >= 0.3 is 0 Å². The number of aromatic nitrogens is 2. The number of H-pyrrole nitrogens is 1. The maximum atomic E-state index is 14.2. The normalized spacial score (nSPS) is 30.6. The lowest BCUT2D eigenvalue weighted by molar-refractivity contribution is -0.0354. The topological polar surface area (TPSA) is 48.9 Å². The Hall–Kier alpha value is -1.39. The molecule has 0 bridgehead atoms. The van der Waals surface area contributed by atoms with Gasteiger partial charge < -0.3 is 5.11 Å². The zero-order valence-corrected chi connectivity index (χ0v) is 11.8. The van der Waals surface area contributed by atoms with Gasteiger partial charge in [0.2, 0.25) is 0 Å². The molecule has 1 aliphatic rings. The van der Waals surface area contributed by atoms with E-state index in [1.165, 1.54) is 6.08 Å². The molecule has 0 amide bonds. The quantitative estimate of drug-likeness (QED) is 0.826. The molecule has 1 saturated carbocycles. The van der Waals surface area contributed by atoms with Gasteiger partial charge in [0.25, 0.3) is 0 Å². The van der Waals surface area contributed by atoms with E-state index < -0.39 is 11.3 Å². The monoisotopic (exact) mass is 294 g/mol. The molecule has 0 atom stereocenters. The number of fused-ring (bicyclic) bond motifs is 1. The van der Waals surface area contributed by atoms with Crippen molar-refractivity contribution in [1.29, 1.82) is 0 Å². The Morgan fingerprint density at radius 3 is 2.70 bits per heavy atom. The summed E-state index contributed by atoms with van der Waals surface area (Å²) in [4.78, 5) is 0. The van der Waals surface area contributed by atoms with Crippen molar-refractivity contribution >= 4 is 22.5 Å². The number of nitrogens with one attached hydrogen (secondary N) is 1. The van der Waals surface area contributed by atoms with Crippen LogP contribution in [0.4, 0.5) is 4.39 Å². The number of benzene rings is 1. The maximum Gasteiger partial charge on any atom is 0.129 e. The van der Waals surface area contributed by atoms with Gasteiger partial charge in [-0.05, 0) is 37.8 Å². The molecule has 0 aliphatic heterocycles. The summed E-state index contributed by atoms with van der Waals surface area (Å²) in [5.41, 5.74) is -0.989. The zero-order chi connectivity index (χ0) is 14.4. The highest BCUT2D eigenvalue weighted by Crippen LogP contribution is 2.45. The van der Waals surface area contributed by atoms with E-state index in [0.29, 0.717) is 23.4 Å². The number of aliphatic hydroxyl groups is 1. The number of allylic oxidation sites excluding steroid dienone is 1. The third-order valence-corrected chi connectivity index (χ3v) is 4.51. The van der Waals surface area contributed by atoms with Crippen LogP contribution in [-0.2, 0) is 5.60 Å². The molecule has 20 heavy (non-hydrogen) atoms. The third-order valence-electron chi connectivity index (χ3n) is 4.29.